The van der Waals surface area contributed by atoms with Crippen molar-refractivity contribution in [3.05, 3.63) is 18.1 Å². The van der Waals surface area contributed by atoms with Gasteiger partial charge in [0.05, 0.1) is 6.26 Å². The SMILES string of the molecule is Cc1occc1SCC1(CS)CCCCC1. The van der Waals surface area contributed by atoms with Gasteiger partial charge in [-0.15, -0.1) is 11.8 Å². The van der Waals surface area contributed by atoms with E-state index in [1.54, 1.807) is 6.26 Å². The van der Waals surface area contributed by atoms with E-state index in [0.29, 0.717) is 5.41 Å². The van der Waals surface area contributed by atoms with E-state index in [0.717, 1.165) is 11.5 Å². The Kier molecular flexibility index (Phi) is 4.31. The molecule has 1 heterocycles. The number of aryl methyl sites for hydroxylation is 1. The highest BCUT2D eigenvalue weighted by Crippen LogP contribution is 2.41. The van der Waals surface area contributed by atoms with Crippen molar-refractivity contribution in [2.45, 2.75) is 43.9 Å². The third kappa shape index (κ3) is 2.80. The van der Waals surface area contributed by atoms with Gasteiger partial charge in [0.1, 0.15) is 5.76 Å². The van der Waals surface area contributed by atoms with Gasteiger partial charge in [-0.05, 0) is 37.0 Å². The van der Waals surface area contributed by atoms with E-state index in [1.165, 1.54) is 42.8 Å². The molecular formula is C13H20OS2. The first-order chi connectivity index (χ1) is 7.76. The molecule has 90 valence electrons. The van der Waals surface area contributed by atoms with Crippen LogP contribution in [0.2, 0.25) is 0 Å². The summed E-state index contributed by atoms with van der Waals surface area (Å²) in [5.41, 5.74) is 0.468. The fourth-order valence-corrected chi connectivity index (χ4v) is 4.24. The second-order valence-corrected chi connectivity index (χ2v) is 6.18. The topological polar surface area (TPSA) is 13.1 Å². The molecule has 0 N–H and O–H groups in total. The summed E-state index contributed by atoms with van der Waals surface area (Å²) in [7, 11) is 0. The molecule has 1 aromatic heterocycles. The normalized spacial score (nSPS) is 19.9. The maximum absolute atomic E-state index is 5.33. The Morgan fingerprint density at radius 3 is 2.69 bits per heavy atom. The number of rotatable bonds is 4. The molecule has 0 unspecified atom stereocenters. The molecule has 2 rings (SSSR count). The molecule has 0 saturated heterocycles. The van der Waals surface area contributed by atoms with Crippen molar-refractivity contribution in [3.8, 4) is 0 Å². The molecule has 1 fully saturated rings. The fraction of sp³-hybridized carbons (Fsp3) is 0.692. The third-order valence-corrected chi connectivity index (χ3v) is 5.76. The molecule has 3 heteroatoms. The molecule has 0 aliphatic heterocycles. The molecule has 1 aliphatic rings. The van der Waals surface area contributed by atoms with Crippen molar-refractivity contribution in [1.29, 1.82) is 0 Å². The summed E-state index contributed by atoms with van der Waals surface area (Å²) in [5, 5.41) is 0. The molecule has 1 aromatic rings. The number of hydrogen-bond donors (Lipinski definition) is 1. The average molecular weight is 256 g/mol. The first kappa shape index (κ1) is 12.4. The minimum atomic E-state index is 0.468. The summed E-state index contributed by atoms with van der Waals surface area (Å²) in [6.07, 6.45) is 8.65. The first-order valence-corrected chi connectivity index (χ1v) is 7.65. The Morgan fingerprint density at radius 1 is 1.38 bits per heavy atom. The molecule has 1 aliphatic carbocycles. The highest BCUT2D eigenvalue weighted by Gasteiger charge is 2.30. The van der Waals surface area contributed by atoms with Crippen LogP contribution in [-0.4, -0.2) is 11.5 Å². The van der Waals surface area contributed by atoms with Crippen molar-refractivity contribution in [1.82, 2.24) is 0 Å². The van der Waals surface area contributed by atoms with Gasteiger partial charge in [0.25, 0.3) is 0 Å². The van der Waals surface area contributed by atoms with E-state index in [-0.39, 0.29) is 0 Å². The Hall–Kier alpha value is -0.0200. The molecule has 0 aromatic carbocycles. The summed E-state index contributed by atoms with van der Waals surface area (Å²) in [5.74, 6) is 3.27. The van der Waals surface area contributed by atoms with E-state index >= 15 is 0 Å². The Morgan fingerprint density at radius 2 is 2.12 bits per heavy atom. The lowest BCUT2D eigenvalue weighted by molar-refractivity contribution is 0.259. The zero-order valence-corrected chi connectivity index (χ0v) is 11.6. The van der Waals surface area contributed by atoms with Gasteiger partial charge in [0.15, 0.2) is 0 Å². The molecular weight excluding hydrogens is 236 g/mol. The lowest BCUT2D eigenvalue weighted by atomic mass is 9.77. The summed E-state index contributed by atoms with van der Waals surface area (Å²) >= 11 is 6.51. The Bertz CT molecular complexity index is 326. The standard InChI is InChI=1S/C13H20OS2/c1-11-12(5-8-14-11)16-10-13(9-15)6-3-2-4-7-13/h5,8,15H,2-4,6-7,9-10H2,1H3. The quantitative estimate of drug-likeness (QED) is 0.626. The highest BCUT2D eigenvalue weighted by atomic mass is 32.2. The molecule has 1 nitrogen and oxygen atoms in total. The lowest BCUT2D eigenvalue weighted by Crippen LogP contribution is -2.28. The van der Waals surface area contributed by atoms with E-state index in [2.05, 4.69) is 18.7 Å². The smallest absolute Gasteiger partial charge is 0.114 e. The van der Waals surface area contributed by atoms with Gasteiger partial charge in [-0.3, -0.25) is 0 Å². The van der Waals surface area contributed by atoms with Crippen LogP contribution >= 0.6 is 24.4 Å². The van der Waals surface area contributed by atoms with E-state index in [9.17, 15) is 0 Å². The summed E-state index contributed by atoms with van der Waals surface area (Å²) in [6.45, 7) is 2.04. The molecule has 0 bridgehead atoms. The van der Waals surface area contributed by atoms with Gasteiger partial charge in [0, 0.05) is 10.6 Å². The van der Waals surface area contributed by atoms with E-state index in [1.807, 2.05) is 18.7 Å². The second kappa shape index (κ2) is 5.54. The van der Waals surface area contributed by atoms with E-state index < -0.39 is 0 Å². The fourth-order valence-electron chi connectivity index (χ4n) is 2.40. The monoisotopic (exact) mass is 256 g/mol. The largest absolute Gasteiger partial charge is 0.468 e. The molecule has 0 amide bonds. The molecule has 0 spiro atoms. The maximum Gasteiger partial charge on any atom is 0.114 e. The molecule has 0 radical (unpaired) electrons. The predicted molar refractivity (Wildman–Crippen MR) is 73.5 cm³/mol. The van der Waals surface area contributed by atoms with Gasteiger partial charge in [-0.25, -0.2) is 0 Å². The molecule has 0 atom stereocenters. The molecule has 1 saturated carbocycles. The number of thiol groups is 1. The minimum Gasteiger partial charge on any atom is -0.468 e. The molecule has 16 heavy (non-hydrogen) atoms. The van der Waals surface area contributed by atoms with Crippen molar-refractivity contribution < 1.29 is 4.42 Å². The van der Waals surface area contributed by atoms with Gasteiger partial charge >= 0.3 is 0 Å². The van der Waals surface area contributed by atoms with Crippen LogP contribution in [-0.2, 0) is 0 Å². The van der Waals surface area contributed by atoms with Crippen LogP contribution in [0.25, 0.3) is 0 Å². The van der Waals surface area contributed by atoms with Crippen LogP contribution < -0.4 is 0 Å². The van der Waals surface area contributed by atoms with Gasteiger partial charge < -0.3 is 4.42 Å². The van der Waals surface area contributed by atoms with Crippen LogP contribution in [0.15, 0.2) is 21.6 Å². The van der Waals surface area contributed by atoms with Gasteiger partial charge in [-0.2, -0.15) is 12.6 Å². The minimum absolute atomic E-state index is 0.468. The zero-order chi connectivity index (χ0) is 11.4. The third-order valence-electron chi connectivity index (χ3n) is 3.59. The zero-order valence-electron chi connectivity index (χ0n) is 9.87. The van der Waals surface area contributed by atoms with Crippen molar-refractivity contribution in [3.63, 3.8) is 0 Å². The first-order valence-electron chi connectivity index (χ1n) is 6.04. The lowest BCUT2D eigenvalue weighted by Gasteiger charge is -2.35. The van der Waals surface area contributed by atoms with E-state index in [4.69, 9.17) is 4.42 Å². The van der Waals surface area contributed by atoms with Crippen molar-refractivity contribution in [2.24, 2.45) is 5.41 Å². The van der Waals surface area contributed by atoms with Crippen molar-refractivity contribution >= 4 is 24.4 Å². The van der Waals surface area contributed by atoms with Crippen LogP contribution in [0, 0.1) is 12.3 Å². The highest BCUT2D eigenvalue weighted by molar-refractivity contribution is 7.99. The second-order valence-electron chi connectivity index (χ2n) is 4.85. The van der Waals surface area contributed by atoms with Gasteiger partial charge in [-0.1, -0.05) is 19.3 Å². The number of hydrogen-bond acceptors (Lipinski definition) is 3. The summed E-state index contributed by atoms with van der Waals surface area (Å²) in [4.78, 5) is 1.30. The van der Waals surface area contributed by atoms with Crippen LogP contribution in [0.1, 0.15) is 37.9 Å². The number of furan rings is 1. The summed E-state index contributed by atoms with van der Waals surface area (Å²) < 4.78 is 5.33. The number of thioether (sulfide) groups is 1. The van der Waals surface area contributed by atoms with Crippen molar-refractivity contribution in [2.75, 3.05) is 11.5 Å². The van der Waals surface area contributed by atoms with Gasteiger partial charge in [0.2, 0.25) is 0 Å². The van der Waals surface area contributed by atoms with Crippen LogP contribution in [0.4, 0.5) is 0 Å². The Balaban J connectivity index is 1.94. The Labute approximate surface area is 108 Å². The predicted octanol–water partition coefficient (Wildman–Crippen LogP) is 4.56. The average Bonchev–Trinajstić information content (AvgIpc) is 2.74. The van der Waals surface area contributed by atoms with Crippen LogP contribution in [0.3, 0.4) is 0 Å². The summed E-state index contributed by atoms with van der Waals surface area (Å²) in [6, 6.07) is 2.08. The maximum atomic E-state index is 5.33. The van der Waals surface area contributed by atoms with Crippen LogP contribution in [0.5, 0.6) is 0 Å².